The van der Waals surface area contributed by atoms with Crippen molar-refractivity contribution in [1.82, 2.24) is 15.3 Å². The maximum absolute atomic E-state index is 12.2. The molecule has 2 aromatic rings. The first-order chi connectivity index (χ1) is 12.3. The van der Waals surface area contributed by atoms with E-state index in [1.54, 1.807) is 0 Å². The van der Waals surface area contributed by atoms with Crippen LogP contribution < -0.4 is 16.0 Å². The quantitative estimate of drug-likeness (QED) is 0.864. The molecule has 0 unspecified atom stereocenters. The number of fused-ring (bicyclic) bond motifs is 1. The van der Waals surface area contributed by atoms with Gasteiger partial charge in [-0.05, 0) is 37.8 Å². The number of hydrogen-bond donors (Lipinski definition) is 2. The molecule has 1 aliphatic carbocycles. The molecule has 0 spiro atoms. The van der Waals surface area contributed by atoms with Crippen LogP contribution in [0.1, 0.15) is 34.5 Å². The number of carbonyl (C=O) groups excluding carboxylic acids is 1. The first kappa shape index (κ1) is 16.0. The molecule has 0 bridgehead atoms. The minimum atomic E-state index is -0.0963. The minimum Gasteiger partial charge on any atom is -0.351 e. The van der Waals surface area contributed by atoms with Crippen LogP contribution in [0.4, 0.5) is 5.95 Å². The van der Waals surface area contributed by atoms with Crippen LogP contribution >= 0.6 is 0 Å². The van der Waals surface area contributed by atoms with E-state index in [0.717, 1.165) is 49.6 Å². The number of rotatable bonds is 5. The maximum atomic E-state index is 12.2. The molecule has 0 saturated carbocycles. The monoisotopic (exact) mass is 337 g/mol. The Kier molecular flexibility index (Phi) is 4.36. The molecular weight excluding hydrogens is 314 g/mol. The third kappa shape index (κ3) is 3.09. The number of nitrogens with one attached hydrogen (secondary N) is 1. The second-order valence-corrected chi connectivity index (χ2v) is 6.62. The van der Waals surface area contributed by atoms with Gasteiger partial charge in [0.15, 0.2) is 0 Å². The molecule has 3 N–H and O–H groups in total. The fraction of sp³-hybridized carbons (Fsp3) is 0.421. The number of nitrogens with two attached hydrogens (primary N) is 1. The fourth-order valence-corrected chi connectivity index (χ4v) is 3.41. The zero-order valence-electron chi connectivity index (χ0n) is 14.3. The van der Waals surface area contributed by atoms with E-state index in [9.17, 15) is 4.79 Å². The van der Waals surface area contributed by atoms with Crippen molar-refractivity contribution in [1.29, 1.82) is 0 Å². The molecule has 130 valence electrons. The molecule has 6 nitrogen and oxygen atoms in total. The van der Waals surface area contributed by atoms with E-state index in [1.165, 1.54) is 17.7 Å². The zero-order chi connectivity index (χ0) is 17.2. The molecule has 1 amide bonds. The maximum Gasteiger partial charge on any atom is 0.251 e. The van der Waals surface area contributed by atoms with Gasteiger partial charge in [0.25, 0.3) is 5.91 Å². The van der Waals surface area contributed by atoms with Crippen molar-refractivity contribution in [2.75, 3.05) is 31.1 Å². The molecule has 25 heavy (non-hydrogen) atoms. The van der Waals surface area contributed by atoms with Gasteiger partial charge < -0.3 is 16.0 Å². The second kappa shape index (κ2) is 6.80. The van der Waals surface area contributed by atoms with Crippen molar-refractivity contribution < 1.29 is 4.79 Å². The van der Waals surface area contributed by atoms with Crippen LogP contribution in [0.25, 0.3) is 11.3 Å². The molecule has 0 radical (unpaired) electrons. The summed E-state index contributed by atoms with van der Waals surface area (Å²) < 4.78 is 0. The summed E-state index contributed by atoms with van der Waals surface area (Å²) in [5.41, 5.74) is 10.5. The van der Waals surface area contributed by atoms with Crippen LogP contribution in [0.5, 0.6) is 0 Å². The molecule has 1 aromatic carbocycles. The van der Waals surface area contributed by atoms with Crippen LogP contribution in [0.15, 0.2) is 24.3 Å². The van der Waals surface area contributed by atoms with Gasteiger partial charge in [-0.3, -0.25) is 4.79 Å². The molecule has 1 aliphatic heterocycles. The lowest BCUT2D eigenvalue weighted by molar-refractivity contribution is 0.0955. The SMILES string of the molecule is NCCNC(=O)c1cccc(-c2nc(N3CCC3)nc3c2CCC3)c1. The van der Waals surface area contributed by atoms with Gasteiger partial charge in [-0.25, -0.2) is 9.97 Å². The number of hydrogen-bond acceptors (Lipinski definition) is 5. The highest BCUT2D eigenvalue weighted by Gasteiger charge is 2.24. The first-order valence-electron chi connectivity index (χ1n) is 8.99. The predicted molar refractivity (Wildman–Crippen MR) is 97.7 cm³/mol. The number of aryl methyl sites for hydroxylation is 1. The first-order valence-corrected chi connectivity index (χ1v) is 8.99. The van der Waals surface area contributed by atoms with Gasteiger partial charge in [0.2, 0.25) is 5.95 Å². The van der Waals surface area contributed by atoms with E-state index in [2.05, 4.69) is 10.2 Å². The third-order valence-electron chi connectivity index (χ3n) is 4.89. The summed E-state index contributed by atoms with van der Waals surface area (Å²) in [6.45, 7) is 2.97. The van der Waals surface area contributed by atoms with Gasteiger partial charge in [-0.15, -0.1) is 0 Å². The highest BCUT2D eigenvalue weighted by Crippen LogP contribution is 2.33. The summed E-state index contributed by atoms with van der Waals surface area (Å²) in [6.07, 6.45) is 4.35. The van der Waals surface area contributed by atoms with Crippen LogP contribution in [0.3, 0.4) is 0 Å². The normalized spacial score (nSPS) is 15.6. The van der Waals surface area contributed by atoms with Gasteiger partial charge in [0.1, 0.15) is 0 Å². The highest BCUT2D eigenvalue weighted by molar-refractivity contribution is 5.95. The Morgan fingerprint density at radius 2 is 2.08 bits per heavy atom. The summed E-state index contributed by atoms with van der Waals surface area (Å²) in [5, 5.41) is 2.82. The number of aromatic nitrogens is 2. The van der Waals surface area contributed by atoms with Crippen molar-refractivity contribution in [3.63, 3.8) is 0 Å². The Bertz CT molecular complexity index is 800. The van der Waals surface area contributed by atoms with E-state index >= 15 is 0 Å². The van der Waals surface area contributed by atoms with Crippen molar-refractivity contribution >= 4 is 11.9 Å². The van der Waals surface area contributed by atoms with E-state index < -0.39 is 0 Å². The summed E-state index contributed by atoms with van der Waals surface area (Å²) in [7, 11) is 0. The third-order valence-corrected chi connectivity index (χ3v) is 4.89. The highest BCUT2D eigenvalue weighted by atomic mass is 16.1. The number of nitrogens with zero attached hydrogens (tertiary/aromatic N) is 3. The Labute approximate surface area is 147 Å². The number of amides is 1. The Morgan fingerprint density at radius 1 is 1.20 bits per heavy atom. The number of benzene rings is 1. The fourth-order valence-electron chi connectivity index (χ4n) is 3.41. The van der Waals surface area contributed by atoms with E-state index in [4.69, 9.17) is 15.7 Å². The molecule has 6 heteroatoms. The Balaban J connectivity index is 1.71. The van der Waals surface area contributed by atoms with Crippen LogP contribution in [-0.4, -0.2) is 42.1 Å². The average Bonchev–Trinajstić information content (AvgIpc) is 3.06. The molecular formula is C19H23N5O. The van der Waals surface area contributed by atoms with E-state index in [0.29, 0.717) is 18.7 Å². The summed E-state index contributed by atoms with van der Waals surface area (Å²) in [4.78, 5) is 24.1. The summed E-state index contributed by atoms with van der Waals surface area (Å²) in [5.74, 6) is 0.737. The van der Waals surface area contributed by atoms with Crippen molar-refractivity contribution in [3.05, 3.63) is 41.1 Å². The zero-order valence-corrected chi connectivity index (χ0v) is 14.3. The standard InChI is InChI=1S/C19H23N5O/c20-8-9-21-18(25)14-5-1-4-13(12-14)17-15-6-2-7-16(15)22-19(23-17)24-10-3-11-24/h1,4-5,12H,2-3,6-11,20H2,(H,21,25). The van der Waals surface area contributed by atoms with Gasteiger partial charge in [-0.2, -0.15) is 0 Å². The number of anilines is 1. The van der Waals surface area contributed by atoms with E-state index in [1.807, 2.05) is 24.3 Å². The van der Waals surface area contributed by atoms with Crippen LogP contribution in [0.2, 0.25) is 0 Å². The Hall–Kier alpha value is -2.47. The number of carbonyl (C=O) groups is 1. The summed E-state index contributed by atoms with van der Waals surface area (Å²) >= 11 is 0. The lowest BCUT2D eigenvalue weighted by Gasteiger charge is -2.31. The Morgan fingerprint density at radius 3 is 2.84 bits per heavy atom. The molecule has 1 saturated heterocycles. The second-order valence-electron chi connectivity index (χ2n) is 6.62. The minimum absolute atomic E-state index is 0.0963. The van der Waals surface area contributed by atoms with Crippen LogP contribution in [0, 0.1) is 0 Å². The molecule has 1 aromatic heterocycles. The topological polar surface area (TPSA) is 84.1 Å². The molecule has 2 aliphatic rings. The summed E-state index contributed by atoms with van der Waals surface area (Å²) in [6, 6.07) is 7.69. The molecule has 2 heterocycles. The van der Waals surface area contributed by atoms with Crippen molar-refractivity contribution in [2.24, 2.45) is 5.73 Å². The van der Waals surface area contributed by atoms with E-state index in [-0.39, 0.29) is 5.91 Å². The molecule has 1 fully saturated rings. The predicted octanol–water partition coefficient (Wildman–Crippen LogP) is 1.53. The van der Waals surface area contributed by atoms with Gasteiger partial charge in [-0.1, -0.05) is 12.1 Å². The van der Waals surface area contributed by atoms with Gasteiger partial charge in [0.05, 0.1) is 5.69 Å². The lowest BCUT2D eigenvalue weighted by Crippen LogP contribution is -2.38. The lowest BCUT2D eigenvalue weighted by atomic mass is 10.0. The largest absolute Gasteiger partial charge is 0.351 e. The molecule has 0 atom stereocenters. The van der Waals surface area contributed by atoms with Crippen molar-refractivity contribution in [2.45, 2.75) is 25.7 Å². The smallest absolute Gasteiger partial charge is 0.251 e. The average molecular weight is 337 g/mol. The van der Waals surface area contributed by atoms with Gasteiger partial charge in [0, 0.05) is 48.6 Å². The van der Waals surface area contributed by atoms with Crippen molar-refractivity contribution in [3.8, 4) is 11.3 Å². The molecule has 4 rings (SSSR count). The van der Waals surface area contributed by atoms with Crippen LogP contribution in [-0.2, 0) is 12.8 Å². The van der Waals surface area contributed by atoms with Gasteiger partial charge >= 0.3 is 0 Å².